The number of amides is 1. The van der Waals surface area contributed by atoms with E-state index in [1.54, 1.807) is 7.11 Å². The summed E-state index contributed by atoms with van der Waals surface area (Å²) in [5, 5.41) is 2.88. The smallest absolute Gasteiger partial charge is 0.262 e. The minimum absolute atomic E-state index is 0.0901. The SMILES string of the molecule is COc1cc(C2C3=C(CC(C)(C)CC3=O)N(CCc3ccccc3)C3=C2C(=O)CC(C)(C)C3)cc(I)c1OCC(=O)Nc1cccc(C)c1. The van der Waals surface area contributed by atoms with E-state index in [2.05, 4.69) is 84.8 Å². The largest absolute Gasteiger partial charge is 0.493 e. The van der Waals surface area contributed by atoms with Crippen molar-refractivity contribution in [2.45, 2.75) is 72.6 Å². The molecule has 2 aliphatic carbocycles. The number of methoxy groups -OCH3 is 1. The van der Waals surface area contributed by atoms with Gasteiger partial charge >= 0.3 is 0 Å². The number of nitrogens with zero attached hydrogens (tertiary/aromatic N) is 1. The fraction of sp³-hybridized carbons (Fsp3) is 0.390. The molecule has 1 amide bonds. The molecule has 0 unspecified atom stereocenters. The molecule has 256 valence electrons. The lowest BCUT2D eigenvalue weighted by molar-refractivity contribution is -0.120. The molecular weight excluding hydrogens is 727 g/mol. The Morgan fingerprint density at radius 1 is 0.878 bits per heavy atom. The molecule has 1 aliphatic heterocycles. The molecule has 0 saturated carbocycles. The van der Waals surface area contributed by atoms with Crippen LogP contribution in [0.2, 0.25) is 0 Å². The molecule has 0 aromatic heterocycles. The van der Waals surface area contributed by atoms with E-state index in [9.17, 15) is 14.4 Å². The van der Waals surface area contributed by atoms with Gasteiger partial charge in [0, 0.05) is 53.5 Å². The molecule has 3 aromatic rings. The zero-order valence-electron chi connectivity index (χ0n) is 29.2. The van der Waals surface area contributed by atoms with Crippen molar-refractivity contribution in [1.29, 1.82) is 0 Å². The van der Waals surface area contributed by atoms with Gasteiger partial charge in [-0.2, -0.15) is 0 Å². The quantitative estimate of drug-likeness (QED) is 0.220. The Hall–Kier alpha value is -3.92. The van der Waals surface area contributed by atoms with E-state index in [-0.39, 0.29) is 34.9 Å². The average molecular weight is 773 g/mol. The summed E-state index contributed by atoms with van der Waals surface area (Å²) in [6.45, 7) is 11.1. The summed E-state index contributed by atoms with van der Waals surface area (Å²) < 4.78 is 12.6. The van der Waals surface area contributed by atoms with Crippen LogP contribution in [0.4, 0.5) is 5.69 Å². The van der Waals surface area contributed by atoms with Crippen molar-refractivity contribution in [3.63, 3.8) is 0 Å². The number of nitrogens with one attached hydrogen (secondary N) is 1. The lowest BCUT2D eigenvalue weighted by atomic mass is 9.63. The first-order valence-corrected chi connectivity index (χ1v) is 18.0. The average Bonchev–Trinajstić information content (AvgIpc) is 3.02. The summed E-state index contributed by atoms with van der Waals surface area (Å²) in [5.74, 6) is 0.284. The summed E-state index contributed by atoms with van der Waals surface area (Å²) >= 11 is 2.20. The molecule has 1 heterocycles. The van der Waals surface area contributed by atoms with Crippen molar-refractivity contribution >= 4 is 45.8 Å². The van der Waals surface area contributed by atoms with Gasteiger partial charge in [0.15, 0.2) is 29.7 Å². The fourth-order valence-electron chi connectivity index (χ4n) is 7.64. The summed E-state index contributed by atoms with van der Waals surface area (Å²) in [4.78, 5) is 43.7. The molecule has 7 nitrogen and oxygen atoms in total. The van der Waals surface area contributed by atoms with E-state index in [0.717, 1.165) is 56.5 Å². The van der Waals surface area contributed by atoms with Crippen LogP contribution in [0.15, 0.2) is 89.3 Å². The lowest BCUT2D eigenvalue weighted by Crippen LogP contribution is -2.45. The van der Waals surface area contributed by atoms with Gasteiger partial charge in [-0.1, -0.05) is 70.2 Å². The van der Waals surface area contributed by atoms with Crippen LogP contribution < -0.4 is 14.8 Å². The Morgan fingerprint density at radius 3 is 2.10 bits per heavy atom. The van der Waals surface area contributed by atoms with Crippen molar-refractivity contribution in [3.8, 4) is 11.5 Å². The normalized spacial score (nSPS) is 18.6. The number of hydrogen-bond donors (Lipinski definition) is 1. The van der Waals surface area contributed by atoms with Gasteiger partial charge in [-0.05, 0) is 101 Å². The number of allylic oxidation sites excluding steroid dienone is 4. The number of halogens is 1. The third-order valence-corrected chi connectivity index (χ3v) is 10.5. The molecule has 3 aliphatic rings. The van der Waals surface area contributed by atoms with Crippen LogP contribution in [0.3, 0.4) is 0 Å². The molecule has 0 atom stereocenters. The van der Waals surface area contributed by atoms with Crippen LogP contribution in [0.25, 0.3) is 0 Å². The van der Waals surface area contributed by atoms with Crippen LogP contribution in [-0.2, 0) is 20.8 Å². The van der Waals surface area contributed by atoms with Gasteiger partial charge in [-0.25, -0.2) is 0 Å². The van der Waals surface area contributed by atoms with Gasteiger partial charge in [0.2, 0.25) is 0 Å². The maximum absolute atomic E-state index is 14.3. The molecule has 8 heteroatoms. The number of ketones is 2. The van der Waals surface area contributed by atoms with E-state index in [1.807, 2.05) is 49.4 Å². The topological polar surface area (TPSA) is 84.9 Å². The van der Waals surface area contributed by atoms with E-state index < -0.39 is 5.92 Å². The standard InChI is InChI=1S/C41H45IN2O5/c1-25-11-10-14-28(17-25)43-35(47)24-49-39-29(42)18-27(19-34(39)48-6)36-37-30(20-40(2,3)22-32(37)45)44(16-15-26-12-8-7-9-13-26)31-21-41(4,5)23-33(46)38(31)36/h7-14,17-19,36H,15-16,20-24H2,1-6H3,(H,43,47). The predicted octanol–water partition coefficient (Wildman–Crippen LogP) is 8.55. The highest BCUT2D eigenvalue weighted by molar-refractivity contribution is 14.1. The number of carbonyl (C=O) groups is 3. The van der Waals surface area contributed by atoms with Gasteiger partial charge in [-0.15, -0.1) is 0 Å². The summed E-state index contributed by atoms with van der Waals surface area (Å²) in [6.07, 6.45) is 3.13. The van der Waals surface area contributed by atoms with Crippen LogP contribution >= 0.6 is 22.6 Å². The molecule has 0 bridgehead atoms. The minimum Gasteiger partial charge on any atom is -0.493 e. The molecular formula is C41H45IN2O5. The number of anilines is 1. The second-order valence-electron chi connectivity index (χ2n) is 15.2. The van der Waals surface area contributed by atoms with E-state index >= 15 is 0 Å². The van der Waals surface area contributed by atoms with Crippen molar-refractivity contribution in [3.05, 3.63) is 110 Å². The van der Waals surface area contributed by atoms with Crippen LogP contribution in [0.1, 0.15) is 76.0 Å². The highest BCUT2D eigenvalue weighted by atomic mass is 127. The zero-order valence-corrected chi connectivity index (χ0v) is 31.4. The Labute approximate surface area is 303 Å². The fourth-order valence-corrected chi connectivity index (χ4v) is 8.42. The number of carbonyl (C=O) groups excluding carboxylic acids is 3. The summed E-state index contributed by atoms with van der Waals surface area (Å²) in [6, 6.07) is 21.9. The van der Waals surface area contributed by atoms with Crippen LogP contribution in [-0.4, -0.2) is 42.6 Å². The Bertz CT molecular complexity index is 1820. The number of benzene rings is 3. The second-order valence-corrected chi connectivity index (χ2v) is 16.3. The Balaban J connectivity index is 1.40. The molecule has 6 rings (SSSR count). The lowest BCUT2D eigenvalue weighted by Gasteiger charge is -2.49. The van der Waals surface area contributed by atoms with Gasteiger partial charge in [0.25, 0.3) is 5.91 Å². The summed E-state index contributed by atoms with van der Waals surface area (Å²) in [5.41, 5.74) is 6.90. The first-order chi connectivity index (χ1) is 23.2. The molecule has 3 aromatic carbocycles. The molecule has 0 spiro atoms. The molecule has 49 heavy (non-hydrogen) atoms. The molecule has 1 N–H and O–H groups in total. The van der Waals surface area contributed by atoms with E-state index in [1.165, 1.54) is 5.56 Å². The highest BCUT2D eigenvalue weighted by Crippen LogP contribution is 2.55. The van der Waals surface area contributed by atoms with Gasteiger partial charge in [0.1, 0.15) is 0 Å². The first kappa shape index (κ1) is 34.9. The molecule has 0 fully saturated rings. The maximum atomic E-state index is 14.3. The summed E-state index contributed by atoms with van der Waals surface area (Å²) in [7, 11) is 1.57. The molecule has 0 saturated heterocycles. The van der Waals surface area contributed by atoms with E-state index in [4.69, 9.17) is 9.47 Å². The third-order valence-electron chi connectivity index (χ3n) is 9.72. The van der Waals surface area contributed by atoms with Crippen LogP contribution in [0, 0.1) is 21.3 Å². The second kappa shape index (κ2) is 13.8. The van der Waals surface area contributed by atoms with Crippen LogP contribution in [0.5, 0.6) is 11.5 Å². The van der Waals surface area contributed by atoms with Crippen molar-refractivity contribution in [2.24, 2.45) is 10.8 Å². The van der Waals surface area contributed by atoms with E-state index in [0.29, 0.717) is 36.6 Å². The predicted molar refractivity (Wildman–Crippen MR) is 201 cm³/mol. The highest BCUT2D eigenvalue weighted by Gasteiger charge is 2.49. The molecule has 0 radical (unpaired) electrons. The minimum atomic E-state index is -0.508. The number of aryl methyl sites for hydroxylation is 1. The maximum Gasteiger partial charge on any atom is 0.262 e. The first-order valence-electron chi connectivity index (χ1n) is 17.0. The number of rotatable bonds is 9. The number of Topliss-reactive ketones (excluding diaryl/α,β-unsaturated/α-hetero) is 2. The van der Waals surface area contributed by atoms with Gasteiger partial charge in [0.05, 0.1) is 10.7 Å². The Morgan fingerprint density at radius 2 is 1.51 bits per heavy atom. The number of ether oxygens (including phenoxy) is 2. The zero-order chi connectivity index (χ0) is 35.1. The monoisotopic (exact) mass is 772 g/mol. The van der Waals surface area contributed by atoms with Crippen molar-refractivity contribution < 1.29 is 23.9 Å². The number of hydrogen-bond acceptors (Lipinski definition) is 6. The third kappa shape index (κ3) is 7.49. The van der Waals surface area contributed by atoms with Crippen molar-refractivity contribution in [1.82, 2.24) is 4.90 Å². The van der Waals surface area contributed by atoms with Crippen molar-refractivity contribution in [2.75, 3.05) is 25.6 Å². The Kier molecular flexibility index (Phi) is 9.81. The van der Waals surface area contributed by atoms with Gasteiger partial charge < -0.3 is 19.7 Å². The van der Waals surface area contributed by atoms with Gasteiger partial charge in [-0.3, -0.25) is 14.4 Å².